The highest BCUT2D eigenvalue weighted by Crippen LogP contribution is 2.23. The second kappa shape index (κ2) is 7.42. The maximum absolute atomic E-state index is 12.6. The van der Waals surface area contributed by atoms with Crippen LogP contribution in [-0.2, 0) is 11.8 Å². The molecule has 2 N–H and O–H groups in total. The number of benzene rings is 1. The van der Waals surface area contributed by atoms with E-state index in [4.69, 9.17) is 10.3 Å². The van der Waals surface area contributed by atoms with Crippen LogP contribution in [0.15, 0.2) is 40.9 Å². The number of carbonyl (C=O) groups excluding carboxylic acids is 1. The fourth-order valence-electron chi connectivity index (χ4n) is 2.27. The number of aromatic nitrogens is 1. The fraction of sp³-hybridized carbons (Fsp3) is 0.444. The second-order valence-corrected chi connectivity index (χ2v) is 6.64. The van der Waals surface area contributed by atoms with Crippen LogP contribution < -0.4 is 5.73 Å². The smallest absolute Gasteiger partial charge is 0.276 e. The number of nitrogens with two attached hydrogens (primary N) is 1. The van der Waals surface area contributed by atoms with Crippen molar-refractivity contribution in [3.05, 3.63) is 53.4 Å². The highest BCUT2D eigenvalue weighted by molar-refractivity contribution is 5.92. The van der Waals surface area contributed by atoms with Crippen LogP contribution in [0.25, 0.3) is 0 Å². The van der Waals surface area contributed by atoms with Crippen molar-refractivity contribution in [3.63, 3.8) is 0 Å². The molecule has 0 unspecified atom stereocenters. The predicted molar refractivity (Wildman–Crippen MR) is 90.3 cm³/mol. The van der Waals surface area contributed by atoms with Crippen molar-refractivity contribution in [1.82, 2.24) is 10.1 Å². The molecule has 2 rings (SSSR count). The Balaban J connectivity index is 2.07. The molecular formula is C18H25N3O2. The van der Waals surface area contributed by atoms with Crippen molar-refractivity contribution in [3.8, 4) is 0 Å². The first-order valence-corrected chi connectivity index (χ1v) is 7.92. The zero-order valence-electron chi connectivity index (χ0n) is 14.1. The van der Waals surface area contributed by atoms with Gasteiger partial charge in [-0.15, -0.1) is 0 Å². The van der Waals surface area contributed by atoms with E-state index >= 15 is 0 Å². The molecule has 5 nitrogen and oxygen atoms in total. The molecule has 0 aliphatic heterocycles. The van der Waals surface area contributed by atoms with Crippen molar-refractivity contribution >= 4 is 5.91 Å². The van der Waals surface area contributed by atoms with E-state index in [9.17, 15) is 4.79 Å². The fourth-order valence-corrected chi connectivity index (χ4v) is 2.27. The van der Waals surface area contributed by atoms with Crippen molar-refractivity contribution in [2.75, 3.05) is 19.6 Å². The van der Waals surface area contributed by atoms with Gasteiger partial charge in [-0.25, -0.2) is 0 Å². The molecule has 124 valence electrons. The number of amides is 1. The molecule has 0 saturated carbocycles. The Morgan fingerprint density at radius 2 is 1.91 bits per heavy atom. The Morgan fingerprint density at radius 3 is 2.48 bits per heavy atom. The quantitative estimate of drug-likeness (QED) is 0.889. The minimum absolute atomic E-state index is 0.134. The van der Waals surface area contributed by atoms with Gasteiger partial charge in [0, 0.05) is 31.1 Å². The van der Waals surface area contributed by atoms with Crippen molar-refractivity contribution in [2.45, 2.75) is 32.6 Å². The number of hydrogen-bond acceptors (Lipinski definition) is 4. The number of carbonyl (C=O) groups is 1. The lowest BCUT2D eigenvalue weighted by Gasteiger charge is -2.20. The number of nitrogens with zero attached hydrogens (tertiary/aromatic N) is 2. The van der Waals surface area contributed by atoms with Gasteiger partial charge in [0.15, 0.2) is 5.69 Å². The summed E-state index contributed by atoms with van der Waals surface area (Å²) in [7, 11) is 0. The van der Waals surface area contributed by atoms with Gasteiger partial charge in [0.2, 0.25) is 0 Å². The summed E-state index contributed by atoms with van der Waals surface area (Å²) in [5, 5.41) is 3.93. The summed E-state index contributed by atoms with van der Waals surface area (Å²) in [6, 6.07) is 11.8. The molecule has 0 bridgehead atoms. The highest BCUT2D eigenvalue weighted by Gasteiger charge is 2.24. The Kier molecular flexibility index (Phi) is 5.55. The van der Waals surface area contributed by atoms with Gasteiger partial charge in [-0.1, -0.05) is 56.3 Å². The van der Waals surface area contributed by atoms with E-state index in [-0.39, 0.29) is 11.3 Å². The minimum atomic E-state index is -0.172. The Labute approximate surface area is 137 Å². The van der Waals surface area contributed by atoms with Crippen molar-refractivity contribution < 1.29 is 9.32 Å². The molecule has 0 aliphatic carbocycles. The van der Waals surface area contributed by atoms with Gasteiger partial charge in [0.25, 0.3) is 5.91 Å². The van der Waals surface area contributed by atoms with Gasteiger partial charge in [0.1, 0.15) is 5.76 Å². The van der Waals surface area contributed by atoms with Crippen LogP contribution in [0, 0.1) is 0 Å². The molecule has 2 aromatic rings. The molecule has 1 heterocycles. The first-order chi connectivity index (χ1) is 10.9. The number of rotatable bonds is 6. The van der Waals surface area contributed by atoms with Gasteiger partial charge in [-0.05, 0) is 12.0 Å². The second-order valence-electron chi connectivity index (χ2n) is 6.64. The van der Waals surface area contributed by atoms with E-state index in [0.29, 0.717) is 31.1 Å². The van der Waals surface area contributed by atoms with Crippen molar-refractivity contribution in [1.29, 1.82) is 0 Å². The van der Waals surface area contributed by atoms with Gasteiger partial charge >= 0.3 is 0 Å². The molecule has 0 radical (unpaired) electrons. The monoisotopic (exact) mass is 315 g/mol. The van der Waals surface area contributed by atoms with Crippen LogP contribution in [0.5, 0.6) is 0 Å². The van der Waals surface area contributed by atoms with Gasteiger partial charge in [-0.3, -0.25) is 4.79 Å². The van der Waals surface area contributed by atoms with E-state index in [2.05, 4.69) is 17.3 Å². The molecule has 1 amide bonds. The molecule has 0 fully saturated rings. The summed E-state index contributed by atoms with van der Waals surface area (Å²) in [6.07, 6.45) is 0.788. The minimum Gasteiger partial charge on any atom is -0.360 e. The number of hydrogen-bond donors (Lipinski definition) is 1. The SMILES string of the molecule is CC(C)(C)c1cc(C(=O)N(CCN)CCc2ccccc2)no1. The van der Waals surface area contributed by atoms with E-state index in [0.717, 1.165) is 6.42 Å². The first-order valence-electron chi connectivity index (χ1n) is 7.92. The lowest BCUT2D eigenvalue weighted by molar-refractivity contribution is 0.0751. The Bertz CT molecular complexity index is 629. The third-order valence-corrected chi connectivity index (χ3v) is 3.67. The topological polar surface area (TPSA) is 72.4 Å². The van der Waals surface area contributed by atoms with Crippen LogP contribution in [-0.4, -0.2) is 35.6 Å². The van der Waals surface area contributed by atoms with Crippen molar-refractivity contribution in [2.24, 2.45) is 5.73 Å². The summed E-state index contributed by atoms with van der Waals surface area (Å²) < 4.78 is 5.31. The van der Waals surface area contributed by atoms with E-state index < -0.39 is 0 Å². The molecule has 0 aliphatic rings. The van der Waals surface area contributed by atoms with E-state index in [1.165, 1.54) is 5.56 Å². The zero-order valence-corrected chi connectivity index (χ0v) is 14.1. The average molecular weight is 315 g/mol. The lowest BCUT2D eigenvalue weighted by atomic mass is 9.93. The van der Waals surface area contributed by atoms with Crippen LogP contribution in [0.2, 0.25) is 0 Å². The highest BCUT2D eigenvalue weighted by atomic mass is 16.5. The van der Waals surface area contributed by atoms with Gasteiger partial charge < -0.3 is 15.2 Å². The van der Waals surface area contributed by atoms with E-state index in [1.54, 1.807) is 11.0 Å². The maximum Gasteiger partial charge on any atom is 0.276 e. The summed E-state index contributed by atoms with van der Waals surface area (Å²) in [5.74, 6) is 0.572. The Morgan fingerprint density at radius 1 is 1.22 bits per heavy atom. The Hall–Kier alpha value is -2.14. The first kappa shape index (κ1) is 17.2. The van der Waals surface area contributed by atoms with Crippen LogP contribution in [0.3, 0.4) is 0 Å². The summed E-state index contributed by atoms with van der Waals surface area (Å²) in [6.45, 7) is 7.60. The lowest BCUT2D eigenvalue weighted by Crippen LogP contribution is -2.37. The third-order valence-electron chi connectivity index (χ3n) is 3.67. The van der Waals surface area contributed by atoms with E-state index in [1.807, 2.05) is 39.0 Å². The zero-order chi connectivity index (χ0) is 16.9. The van der Waals surface area contributed by atoms with Crippen LogP contribution in [0.4, 0.5) is 0 Å². The molecule has 0 atom stereocenters. The molecular weight excluding hydrogens is 290 g/mol. The van der Waals surface area contributed by atoms with Gasteiger partial charge in [0.05, 0.1) is 0 Å². The molecule has 0 spiro atoms. The summed E-state index contributed by atoms with van der Waals surface area (Å²) in [5.41, 5.74) is 7.02. The standard InChI is InChI=1S/C18H25N3O2/c1-18(2,3)16-13-15(20-23-16)17(22)21(12-10-19)11-9-14-7-5-4-6-8-14/h4-8,13H,9-12,19H2,1-3H3. The molecule has 5 heteroatoms. The molecule has 23 heavy (non-hydrogen) atoms. The maximum atomic E-state index is 12.6. The molecule has 1 aromatic heterocycles. The average Bonchev–Trinajstić information content (AvgIpc) is 3.02. The van der Waals surface area contributed by atoms with Crippen LogP contribution >= 0.6 is 0 Å². The third kappa shape index (κ3) is 4.66. The molecule has 0 saturated heterocycles. The largest absolute Gasteiger partial charge is 0.360 e. The molecule has 1 aromatic carbocycles. The van der Waals surface area contributed by atoms with Gasteiger partial charge in [-0.2, -0.15) is 0 Å². The summed E-state index contributed by atoms with van der Waals surface area (Å²) in [4.78, 5) is 14.4. The predicted octanol–water partition coefficient (Wildman–Crippen LogP) is 2.62. The normalized spacial score (nSPS) is 11.5. The summed E-state index contributed by atoms with van der Waals surface area (Å²) >= 11 is 0. The van der Waals surface area contributed by atoms with Crippen LogP contribution in [0.1, 0.15) is 42.6 Å².